The molecular weight excluding hydrogens is 403 g/mol. The Kier molecular flexibility index (Phi) is 6.52. The summed E-state index contributed by atoms with van der Waals surface area (Å²) in [5.41, 5.74) is -0.844. The van der Waals surface area contributed by atoms with Gasteiger partial charge in [0.2, 0.25) is 0 Å². The number of hydrogen-bond acceptors (Lipinski definition) is 7. The summed E-state index contributed by atoms with van der Waals surface area (Å²) in [6, 6.07) is 3.19. The topological polar surface area (TPSA) is 99.8 Å². The lowest BCUT2D eigenvalue weighted by Crippen LogP contribution is -2.41. The third-order valence-electron chi connectivity index (χ3n) is 4.34. The summed E-state index contributed by atoms with van der Waals surface area (Å²) >= 11 is 1.37. The zero-order chi connectivity index (χ0) is 20.3. The standard InChI is InChI=1S/C18H23N2O6PS/c1-3-25-27(24,26-4-2)12-20-17(22)15(16-6-5-9-28-16)11-19(18(20)23)13-7-8-14(21)10-13/h5-9,11,13-14,21H,3-4,10,12H2,1-2H3. The lowest BCUT2D eigenvalue weighted by molar-refractivity contribution is 0.207. The van der Waals surface area contributed by atoms with Crippen LogP contribution in [0.5, 0.6) is 0 Å². The predicted octanol–water partition coefficient (Wildman–Crippen LogP) is 2.82. The summed E-state index contributed by atoms with van der Waals surface area (Å²) in [7, 11) is -3.67. The maximum absolute atomic E-state index is 13.1. The summed E-state index contributed by atoms with van der Waals surface area (Å²) in [6.07, 6.45) is 4.06. The van der Waals surface area contributed by atoms with Gasteiger partial charge in [0.25, 0.3) is 5.56 Å². The van der Waals surface area contributed by atoms with Crippen molar-refractivity contribution in [3.05, 3.63) is 56.7 Å². The molecule has 10 heteroatoms. The Morgan fingerprint density at radius 1 is 1.25 bits per heavy atom. The van der Waals surface area contributed by atoms with Gasteiger partial charge in [0.1, 0.15) is 6.29 Å². The van der Waals surface area contributed by atoms with Crippen LogP contribution in [0.15, 0.2) is 45.5 Å². The molecule has 152 valence electrons. The molecule has 8 nitrogen and oxygen atoms in total. The van der Waals surface area contributed by atoms with Crippen molar-refractivity contribution >= 4 is 18.9 Å². The van der Waals surface area contributed by atoms with Crippen LogP contribution in [0, 0.1) is 0 Å². The highest BCUT2D eigenvalue weighted by atomic mass is 32.1. The number of allylic oxidation sites excluding steroid dienone is 1. The molecule has 0 saturated heterocycles. The Hall–Kier alpha value is -1.77. The largest absolute Gasteiger partial charge is 0.389 e. The van der Waals surface area contributed by atoms with Crippen molar-refractivity contribution in [2.24, 2.45) is 0 Å². The quantitative estimate of drug-likeness (QED) is 0.515. The van der Waals surface area contributed by atoms with Crippen LogP contribution in [0.4, 0.5) is 0 Å². The number of aliphatic hydroxyl groups is 1. The molecule has 0 amide bonds. The summed E-state index contributed by atoms with van der Waals surface area (Å²) in [6.45, 7) is 3.59. The van der Waals surface area contributed by atoms with E-state index in [2.05, 4.69) is 0 Å². The average molecular weight is 426 g/mol. The molecule has 2 aromatic heterocycles. The maximum Gasteiger partial charge on any atom is 0.350 e. The van der Waals surface area contributed by atoms with Gasteiger partial charge in [0.15, 0.2) is 0 Å². The fourth-order valence-corrected chi connectivity index (χ4v) is 5.49. The van der Waals surface area contributed by atoms with Gasteiger partial charge in [-0.05, 0) is 25.3 Å². The Labute approximate surface area is 166 Å². The highest BCUT2D eigenvalue weighted by molar-refractivity contribution is 7.52. The molecule has 0 bridgehead atoms. The molecule has 2 heterocycles. The minimum absolute atomic E-state index is 0.127. The first kappa shape index (κ1) is 21.0. The van der Waals surface area contributed by atoms with E-state index in [1.807, 2.05) is 11.4 Å². The summed E-state index contributed by atoms with van der Waals surface area (Å²) in [4.78, 5) is 26.8. The molecule has 0 aliphatic heterocycles. The van der Waals surface area contributed by atoms with E-state index in [-0.39, 0.29) is 13.2 Å². The van der Waals surface area contributed by atoms with Gasteiger partial charge in [0, 0.05) is 17.5 Å². The third kappa shape index (κ3) is 4.29. The van der Waals surface area contributed by atoms with E-state index in [1.165, 1.54) is 22.1 Å². The first-order chi connectivity index (χ1) is 13.4. The molecule has 0 saturated carbocycles. The minimum atomic E-state index is -3.67. The molecule has 0 aromatic carbocycles. The van der Waals surface area contributed by atoms with E-state index < -0.39 is 37.3 Å². The van der Waals surface area contributed by atoms with E-state index in [0.29, 0.717) is 16.9 Å². The predicted molar refractivity (Wildman–Crippen MR) is 108 cm³/mol. The Morgan fingerprint density at radius 3 is 2.50 bits per heavy atom. The van der Waals surface area contributed by atoms with E-state index in [4.69, 9.17) is 9.05 Å². The SMILES string of the molecule is CCOP(=O)(Cn1c(=O)c(-c2cccs2)cn(C2C=CC(O)C2)c1=O)OCC. The van der Waals surface area contributed by atoms with Crippen LogP contribution in [-0.4, -0.2) is 33.6 Å². The van der Waals surface area contributed by atoms with Gasteiger partial charge in [-0.25, -0.2) is 9.36 Å². The van der Waals surface area contributed by atoms with Gasteiger partial charge in [-0.3, -0.25) is 13.9 Å². The van der Waals surface area contributed by atoms with Crippen LogP contribution in [-0.2, 0) is 19.9 Å². The lowest BCUT2D eigenvalue weighted by Gasteiger charge is -2.20. The number of thiophene rings is 1. The van der Waals surface area contributed by atoms with Crippen molar-refractivity contribution in [2.75, 3.05) is 13.2 Å². The molecule has 28 heavy (non-hydrogen) atoms. The van der Waals surface area contributed by atoms with Crippen molar-refractivity contribution in [3.8, 4) is 10.4 Å². The van der Waals surface area contributed by atoms with Crippen molar-refractivity contribution in [1.29, 1.82) is 0 Å². The van der Waals surface area contributed by atoms with E-state index in [0.717, 1.165) is 4.57 Å². The minimum Gasteiger partial charge on any atom is -0.389 e. The molecule has 3 rings (SSSR count). The smallest absolute Gasteiger partial charge is 0.350 e. The van der Waals surface area contributed by atoms with Crippen LogP contribution in [0.1, 0.15) is 26.3 Å². The first-order valence-electron chi connectivity index (χ1n) is 9.03. The number of hydrogen-bond donors (Lipinski definition) is 1. The van der Waals surface area contributed by atoms with Gasteiger partial charge in [-0.2, -0.15) is 0 Å². The maximum atomic E-state index is 13.1. The van der Waals surface area contributed by atoms with Crippen molar-refractivity contribution in [3.63, 3.8) is 0 Å². The van der Waals surface area contributed by atoms with Crippen LogP contribution in [0.3, 0.4) is 0 Å². The molecule has 0 fully saturated rings. The van der Waals surface area contributed by atoms with Crippen molar-refractivity contribution in [2.45, 2.75) is 38.7 Å². The van der Waals surface area contributed by atoms with E-state index in [1.54, 1.807) is 32.1 Å². The zero-order valence-corrected chi connectivity index (χ0v) is 17.4. The summed E-state index contributed by atoms with van der Waals surface area (Å²) < 4.78 is 25.8. The highest BCUT2D eigenvalue weighted by Crippen LogP contribution is 2.49. The zero-order valence-electron chi connectivity index (χ0n) is 15.7. The molecule has 1 N–H and O–H groups in total. The summed E-state index contributed by atoms with van der Waals surface area (Å²) in [5, 5.41) is 11.6. The normalized spacial score (nSPS) is 19.4. The van der Waals surface area contributed by atoms with Crippen LogP contribution >= 0.6 is 18.9 Å². The van der Waals surface area contributed by atoms with Crippen LogP contribution in [0.2, 0.25) is 0 Å². The molecule has 1 aliphatic rings. The van der Waals surface area contributed by atoms with Crippen molar-refractivity contribution in [1.82, 2.24) is 9.13 Å². The molecule has 2 atom stereocenters. The molecular formula is C18H23N2O6PS. The molecule has 2 aromatic rings. The van der Waals surface area contributed by atoms with Gasteiger partial charge in [-0.15, -0.1) is 11.3 Å². The molecule has 1 aliphatic carbocycles. The van der Waals surface area contributed by atoms with Crippen LogP contribution in [0.25, 0.3) is 10.4 Å². The van der Waals surface area contributed by atoms with Crippen LogP contribution < -0.4 is 11.2 Å². The highest BCUT2D eigenvalue weighted by Gasteiger charge is 2.29. The second-order valence-corrected chi connectivity index (χ2v) is 9.26. The average Bonchev–Trinajstić information content (AvgIpc) is 3.31. The van der Waals surface area contributed by atoms with Gasteiger partial charge in [-0.1, -0.05) is 18.2 Å². The van der Waals surface area contributed by atoms with Gasteiger partial charge >= 0.3 is 13.3 Å². The fourth-order valence-electron chi connectivity index (χ4n) is 3.14. The number of aliphatic hydroxyl groups excluding tert-OH is 1. The Balaban J connectivity index is 2.16. The molecule has 0 spiro atoms. The number of nitrogens with zero attached hydrogens (tertiary/aromatic N) is 2. The van der Waals surface area contributed by atoms with E-state index in [9.17, 15) is 19.3 Å². The number of aromatic nitrogens is 2. The second kappa shape index (κ2) is 8.71. The monoisotopic (exact) mass is 426 g/mol. The first-order valence-corrected chi connectivity index (χ1v) is 11.6. The lowest BCUT2D eigenvalue weighted by atomic mass is 10.2. The molecule has 2 unspecified atom stereocenters. The van der Waals surface area contributed by atoms with E-state index >= 15 is 0 Å². The second-order valence-electron chi connectivity index (χ2n) is 6.29. The number of rotatable bonds is 8. The fraction of sp³-hybridized carbons (Fsp3) is 0.444. The van der Waals surface area contributed by atoms with Gasteiger partial charge in [0.05, 0.1) is 30.9 Å². The Bertz CT molecular complexity index is 1000. The Morgan fingerprint density at radius 2 is 1.96 bits per heavy atom. The van der Waals surface area contributed by atoms with Crippen molar-refractivity contribution < 1.29 is 18.7 Å². The van der Waals surface area contributed by atoms with Gasteiger partial charge < -0.3 is 14.2 Å². The summed E-state index contributed by atoms with van der Waals surface area (Å²) in [5.74, 6) is 0. The third-order valence-corrected chi connectivity index (χ3v) is 7.18. The molecule has 0 radical (unpaired) electrons.